The molecule has 1 aliphatic rings. The first-order chi connectivity index (χ1) is 107. The highest BCUT2D eigenvalue weighted by Crippen LogP contribution is 2.61. The quantitative estimate of drug-likeness (QED) is 0.0202. The average molecular weight is 2180 g/mol. The fourth-order valence-electron chi connectivity index (χ4n) is 9.99. The van der Waals surface area contributed by atoms with Gasteiger partial charge in [-0.15, -0.1) is 0 Å². The number of benzene rings is 2. The van der Waals surface area contributed by atoms with Crippen molar-refractivity contribution in [2.45, 2.75) is 258 Å². The molecule has 1 atom stereocenters. The summed E-state index contributed by atoms with van der Waals surface area (Å²) >= 11 is 31.8. The van der Waals surface area contributed by atoms with Gasteiger partial charge in [0.25, 0.3) is 0 Å². The van der Waals surface area contributed by atoms with Crippen LogP contribution in [-0.4, -0.2) is 165 Å². The number of thiocarbonyl (C=S) groups is 1. The predicted octanol–water partition coefficient (Wildman–Crippen LogP) is 33.6. The van der Waals surface area contributed by atoms with Crippen molar-refractivity contribution in [2.75, 3.05) is 63.1 Å². The number of nitrogen functional groups attached to an aromatic ring is 1. The van der Waals surface area contributed by atoms with Gasteiger partial charge in [0.05, 0.1) is 48.0 Å². The van der Waals surface area contributed by atoms with Crippen LogP contribution in [0.2, 0.25) is 5.28 Å². The number of amides is 1. The number of para-hydroxylation sites is 2. The van der Waals surface area contributed by atoms with Gasteiger partial charge in [-0.3, -0.25) is 34.3 Å². The summed E-state index contributed by atoms with van der Waals surface area (Å²) in [5.41, 5.74) is 25.1. The fourth-order valence-corrected chi connectivity index (χ4v) is 11.1. The second-order valence-corrected chi connectivity index (χ2v) is 46.1. The number of nitriles is 2. The van der Waals surface area contributed by atoms with Crippen molar-refractivity contribution in [3.8, 4) is 17.8 Å². The summed E-state index contributed by atoms with van der Waals surface area (Å²) in [6.07, 6.45) is 19.1. The summed E-state index contributed by atoms with van der Waals surface area (Å²) in [5.74, 6) is -0.750. The molecule has 0 spiro atoms. The Kier molecular flexibility index (Phi) is 30.2. The molecule has 1 fully saturated rings. The number of H-pyrrole nitrogens is 4. The Morgan fingerprint density at radius 1 is 0.708 bits per heavy atom. The number of aliphatic hydroxyl groups is 1. The van der Waals surface area contributed by atoms with Crippen LogP contribution in [0.25, 0.3) is 22.6 Å². The molecule has 2 aromatic carbocycles. The number of halogens is 4. The number of rotatable bonds is 10. The third-order valence-electron chi connectivity index (χ3n) is 16.3. The lowest BCUT2D eigenvalue weighted by Crippen LogP contribution is -2.21. The third-order valence-corrected chi connectivity index (χ3v) is 18.1. The SMILES string of the molecule is C1CCOC1.CC(C)(C)C(C#N)C=O.CC(C)(C)CC#N.CC(C)(C)CC(=O)O.CC(C)(C)CC(N)=O.CC(C)(C)c1c[nH]n2c(=O)[nH]c(=S)nc12.CC(C)(C)c1cn[nH]c1N.CCN(CC)c1ccccc1.CCO.CN=C=S.CSc1nc(Cl)n2ncc(C(C)(C)C)c2n1.CSc1nc2c(C(C)(C)C)cnn2c(=O)[nH]1.NCc1ccccc1-n1cccn1.O=P(Cl)(Cl)Cl.[2HH].[2HH].[2HH].[2HH].[2HH].[2H][2H].[2H][2H].[2H][2H].[2H][2H].[2H][2H].[2H][2H].[2H][2H].[2H][2H].[2H][2H].[2H][2H].[2H][2H].[2H][2H].[2H][2H].[2H][2H].[2H][2H].[2H][2H].[2H][2H].[2H][2H].[2H][2H].[2H][2H].[2H][2H].[2H][2H].[2H][2H].[2H][2H].[2H][2H].[2H][2H].[2H][2H].[2H][2H].[2H][2H].[2H][2H].[2H][2H].[2H][2H].[2H][2H].[2H][2H].[2H][2H].[2H][2H].[2H][2H].[2H][2H].[2H][2H].[2H][2H].[2H][2H].[2H][2H].[2H][2H].[2H][2H].[2H][2H].[2H][2H].[2H][2H]. The highest BCUT2D eigenvalue weighted by atomic mass is 36.0. The van der Waals surface area contributed by atoms with Crippen LogP contribution in [0.15, 0.2) is 123 Å². The van der Waals surface area contributed by atoms with Crippen molar-refractivity contribution in [1.82, 2.24) is 78.7 Å². The fraction of sp³-hybridized carbons (Fsp3) is 0.562. The van der Waals surface area contributed by atoms with E-state index >= 15 is 0 Å². The van der Waals surface area contributed by atoms with Crippen LogP contribution >= 0.6 is 98.5 Å². The van der Waals surface area contributed by atoms with E-state index in [1.165, 1.54) is 51.1 Å². The molecule has 0 aliphatic carbocycles. The zero-order valence-corrected chi connectivity index (χ0v) is 88.6. The summed E-state index contributed by atoms with van der Waals surface area (Å²) in [4.78, 5) is 81.5. The summed E-state index contributed by atoms with van der Waals surface area (Å²) in [6.45, 7) is 59.5. The van der Waals surface area contributed by atoms with Crippen molar-refractivity contribution in [1.29, 1.82) is 10.5 Å². The van der Waals surface area contributed by atoms with Crippen molar-refractivity contribution in [3.63, 3.8) is 0 Å². The second kappa shape index (κ2) is 61.2. The number of ether oxygens (including phenoxy) is 1. The van der Waals surface area contributed by atoms with E-state index in [4.69, 9.17) is 206 Å². The van der Waals surface area contributed by atoms with E-state index < -0.39 is 17.1 Å². The molecule has 12 N–H and O–H groups in total. The van der Waals surface area contributed by atoms with Crippen LogP contribution in [0.1, 0.15) is 394 Å². The average Bonchev–Trinajstić information content (AvgIpc) is 1.64. The molecular weight excluding hydrogens is 1840 g/mol. The molecule has 41 heteroatoms. The van der Waals surface area contributed by atoms with Crippen LogP contribution < -0.4 is 33.5 Å². The molecule has 9 heterocycles. The third kappa shape index (κ3) is 54.9. The Morgan fingerprint density at radius 3 is 1.52 bits per heavy atom. The number of carbonyl (C=O) groups excluding carboxylic acids is 2. The van der Waals surface area contributed by atoms with Gasteiger partial charge in [0.1, 0.15) is 18.0 Å². The highest BCUT2D eigenvalue weighted by Gasteiger charge is 2.26. The number of isothiocyanates is 1. The molecule has 8 aromatic heterocycles. The smallest absolute Gasteiger partial charge is 0.350 e. The van der Waals surface area contributed by atoms with Crippen molar-refractivity contribution < 1.29 is 181 Å². The zero-order valence-electron chi connectivity index (χ0n) is 175. The summed E-state index contributed by atoms with van der Waals surface area (Å²) in [5, 5.41) is 54.7. The normalized spacial score (nSPS) is 14.7. The van der Waals surface area contributed by atoms with Gasteiger partial charge in [-0.2, -0.15) is 49.4 Å². The number of fused-ring (bicyclic) bond motifs is 3. The van der Waals surface area contributed by atoms with Gasteiger partial charge >= 0.3 is 22.5 Å². The van der Waals surface area contributed by atoms with Crippen molar-refractivity contribution >= 4 is 150 Å². The first kappa shape index (κ1) is 64.2. The predicted molar refractivity (Wildman–Crippen MR) is 651 cm³/mol. The number of carboxylic acids is 1. The Bertz CT molecular complexity index is 5480. The molecule has 32 nitrogen and oxygen atoms in total. The number of aliphatic imine (C=N–C) groups is 1. The Hall–Kier alpha value is -8.71. The van der Waals surface area contributed by atoms with Gasteiger partial charge < -0.3 is 41.8 Å². The molecule has 1 unspecified atom stereocenters. The van der Waals surface area contributed by atoms with E-state index in [0.717, 1.165) is 65.5 Å². The van der Waals surface area contributed by atoms with E-state index in [9.17, 15) is 28.5 Å². The number of nitrogens with two attached hydrogens (primary N) is 3. The number of primary amides is 1. The van der Waals surface area contributed by atoms with Crippen LogP contribution in [0, 0.1) is 55.0 Å². The van der Waals surface area contributed by atoms with E-state index in [0.29, 0.717) is 58.4 Å². The van der Waals surface area contributed by atoms with E-state index in [2.05, 4.69) is 270 Å². The summed E-state index contributed by atoms with van der Waals surface area (Å²) in [6, 6.07) is 24.4. The number of anilines is 2. The Balaban J connectivity index is -0.0000000260. The summed E-state index contributed by atoms with van der Waals surface area (Å²) in [7, 11) is 1.59. The number of aromatic nitrogens is 16. The maximum atomic E-state index is 11.7. The van der Waals surface area contributed by atoms with Gasteiger partial charge in [0.15, 0.2) is 27.3 Å². The maximum Gasteiger partial charge on any atom is 0.350 e. The lowest BCUT2D eigenvalue weighted by atomic mass is 9.83. The topological polar surface area (TPSA) is 478 Å². The standard InChI is InChI=1S/C10H13ClN4S.C10H14N4OS.C10H11N3.C10H15N.C9H12N4OS.C7H13N3.C7H11NO.C6H13NO.C6H11N.C6H12O2.C4H8O.C2H3NS.C2H6O.Cl3OP.52H2/c1-10(2,3)6-5-12-15-7(6)13-9(16-4)14-8(15)11;1-10(2,3)6-5-11-14-7(6)12-8(16-4)13-9(14)15;11-8-9-4-1-2-5-10(9)13-7-3-6-12-13;1-3-11(4-2)10-8-6-5-7-9-10;1-9(2,3)5-4-10-13-6(5)11-7(15)12-8(13)14;1-7(2,3)5-4-9-10-6(5)8;1-7(2,3)6(4-8)5-9;1-6(2,3)4-5(7)8;1-6(2,3)4-5-7;1-6(2,3)4-5(7)8;1-2-4-5-3-1;1-3-2-4;1-2-3;1-5(2,3)4;;;;;;;;;;;;;;;;;;;;;;;;;;;;;;;;;;;;;;;;;;;;;;;;;;;;/h5H,1-4H3;5H,1-4H3,(H,12,13,15);1-7H,8,11H2;5-9H,3-4H2,1-2H3;4,10H,1-3H3,(H,12,14,15);4H,1-3H3,(H3,8,9,10);5-6H,1-3H3;4H2,1-3H3,(H2,7,8);4H2,1-3H3;4H2,1-3H3,(H,7,8);1-4H2;1H3;3H,2H2,1H3;;52*1H/i;;;;;;;;;;;;;;47*1+1D;5*1+1. The number of nitrogens with zero attached hydrogens (tertiary/aromatic N) is 16. The van der Waals surface area contributed by atoms with Gasteiger partial charge in [-0.25, -0.2) is 34.2 Å². The molecule has 1 saturated heterocycles. The molecule has 0 radical (unpaired) electrons. The van der Waals surface area contributed by atoms with Crippen LogP contribution in [-0.2, 0) is 51.9 Å². The maximum absolute atomic E-state index is 11.7. The molecule has 130 heavy (non-hydrogen) atoms. The molecule has 1 aliphatic heterocycles. The highest BCUT2D eigenvalue weighted by molar-refractivity contribution is 8.24. The van der Waals surface area contributed by atoms with Crippen LogP contribution in [0.5, 0.6) is 0 Å². The van der Waals surface area contributed by atoms with Crippen LogP contribution in [0.3, 0.4) is 0 Å². The molecule has 0 saturated carbocycles. The van der Waals surface area contributed by atoms with Gasteiger partial charge in [-0.1, -0.05) is 226 Å². The minimum absolute atomic E-state index is 0. The molecule has 1 amide bonds. The number of aliphatic carboxylic acids is 1. The monoisotopic (exact) mass is 2180 g/mol. The van der Waals surface area contributed by atoms with Gasteiger partial charge in [-0.05, 0) is 189 Å². The molecule has 10 aromatic rings. The minimum Gasteiger partial charge on any atom is -0.481 e. The zero-order chi connectivity index (χ0) is 195. The van der Waals surface area contributed by atoms with Crippen LogP contribution in [0.4, 0.5) is 11.5 Å². The van der Waals surface area contributed by atoms with E-state index in [-0.39, 0.29) is 85.5 Å². The number of aldehydes is 1. The molecule has 11 rings (SSSR count). The summed E-state index contributed by atoms with van der Waals surface area (Å²) < 4.78 is 491. The minimum atomic E-state index is -3.22. The number of thioether (sulfide) groups is 2. The molecule has 828 valence electrons. The lowest BCUT2D eigenvalue weighted by molar-refractivity contribution is -0.139. The number of carboxylic acid groups (broad SMARTS) is 1. The van der Waals surface area contributed by atoms with Gasteiger partial charge in [0, 0.05) is 253 Å². The first-order valence-electron chi connectivity index (χ1n) is 88.4. The second-order valence-electron chi connectivity index (χ2n) is 37.0. The Labute approximate surface area is 959 Å². The number of nitrogens with one attached hydrogen (secondary N) is 4. The molecular formula is C89H246Cl4N23O9PS4. The Morgan fingerprint density at radius 2 is 1.19 bits per heavy atom. The molecule has 0 bridgehead atoms. The van der Waals surface area contributed by atoms with E-state index in [1.54, 1.807) is 49.5 Å². The first-order valence-corrected chi connectivity index (χ1v) is 49.5. The van der Waals surface area contributed by atoms with Crippen molar-refractivity contribution in [3.05, 3.63) is 157 Å². The number of aliphatic hydroxyl groups excluding tert-OH is 1. The number of aromatic amines is 4. The number of hydrogen-bond donors (Lipinski definition) is 9. The lowest BCUT2D eigenvalue weighted by Gasteiger charge is -2.20. The largest absolute Gasteiger partial charge is 0.481 e. The van der Waals surface area contributed by atoms with Gasteiger partial charge in [0.2, 0.25) is 16.0 Å². The van der Waals surface area contributed by atoms with E-state index in [1.807, 2.05) is 128 Å². The number of hydrogen-bond acceptors (Lipinski definition) is 26. The number of carbonyl (C=O) groups is 3. The van der Waals surface area contributed by atoms with Crippen molar-refractivity contribution in [2.24, 2.45) is 44.0 Å².